The summed E-state index contributed by atoms with van der Waals surface area (Å²) in [7, 11) is 0. The van der Waals surface area contributed by atoms with E-state index in [0.717, 1.165) is 17.3 Å². The number of halogens is 1. The molecule has 9 heteroatoms. The van der Waals surface area contributed by atoms with Gasteiger partial charge < -0.3 is 15.3 Å². The van der Waals surface area contributed by atoms with Gasteiger partial charge in [-0.2, -0.15) is 0 Å². The van der Waals surface area contributed by atoms with Crippen molar-refractivity contribution in [2.45, 2.75) is 23.9 Å². The molecule has 2 saturated heterocycles. The number of aliphatic carboxylic acids is 1. The van der Waals surface area contributed by atoms with E-state index in [9.17, 15) is 24.3 Å². The van der Waals surface area contributed by atoms with E-state index >= 15 is 0 Å². The SMILES string of the molecule is O=C(Cc1ccccc1)N[C@@H]1C(=O)N2[C@@H]1SC(=O)C(CBr)[C@@H]2C(=O)O. The number of rotatable bonds is 5. The number of nitrogens with zero attached hydrogens (tertiary/aromatic N) is 1. The maximum atomic E-state index is 12.4. The molecule has 2 amide bonds. The molecule has 3 rings (SSSR count). The van der Waals surface area contributed by atoms with Crippen LogP contribution in [-0.2, 0) is 25.6 Å². The van der Waals surface area contributed by atoms with Gasteiger partial charge in [-0.15, -0.1) is 0 Å². The van der Waals surface area contributed by atoms with Crippen molar-refractivity contribution in [2.24, 2.45) is 5.92 Å². The highest BCUT2D eigenvalue weighted by atomic mass is 79.9. The summed E-state index contributed by atoms with van der Waals surface area (Å²) in [5.41, 5.74) is 0.804. The Morgan fingerprint density at radius 1 is 1.24 bits per heavy atom. The highest BCUT2D eigenvalue weighted by Crippen LogP contribution is 2.42. The molecule has 1 aromatic carbocycles. The summed E-state index contributed by atoms with van der Waals surface area (Å²) in [4.78, 5) is 49.4. The van der Waals surface area contributed by atoms with E-state index in [4.69, 9.17) is 0 Å². The normalized spacial score (nSPS) is 28.1. The molecule has 2 N–H and O–H groups in total. The quantitative estimate of drug-likeness (QED) is 0.528. The third-order valence-corrected chi connectivity index (χ3v) is 6.22. The number of carboxylic acids is 1. The zero-order valence-corrected chi connectivity index (χ0v) is 15.3. The molecule has 0 saturated carbocycles. The Bertz CT molecular complexity index is 728. The minimum Gasteiger partial charge on any atom is -0.480 e. The minimum absolute atomic E-state index is 0.113. The van der Waals surface area contributed by atoms with Gasteiger partial charge in [-0.25, -0.2) is 4.79 Å². The van der Waals surface area contributed by atoms with Gasteiger partial charge >= 0.3 is 5.97 Å². The Balaban J connectivity index is 1.70. The number of benzene rings is 1. The summed E-state index contributed by atoms with van der Waals surface area (Å²) in [6, 6.07) is 6.99. The van der Waals surface area contributed by atoms with Crippen molar-refractivity contribution in [3.63, 3.8) is 0 Å². The molecular formula is C16H15BrN2O5S. The molecule has 0 bridgehead atoms. The second kappa shape index (κ2) is 7.17. The lowest BCUT2D eigenvalue weighted by molar-refractivity contribution is -0.166. The van der Waals surface area contributed by atoms with Crippen molar-refractivity contribution in [2.75, 3.05) is 5.33 Å². The molecule has 1 unspecified atom stereocenters. The molecular weight excluding hydrogens is 412 g/mol. The van der Waals surface area contributed by atoms with Crippen LogP contribution in [0.25, 0.3) is 0 Å². The van der Waals surface area contributed by atoms with Crippen LogP contribution in [0.15, 0.2) is 30.3 Å². The van der Waals surface area contributed by atoms with Crippen LogP contribution >= 0.6 is 27.7 Å². The minimum atomic E-state index is -1.22. The van der Waals surface area contributed by atoms with Crippen LogP contribution < -0.4 is 5.32 Å². The first-order valence-electron chi connectivity index (χ1n) is 7.58. The van der Waals surface area contributed by atoms with Gasteiger partial charge in [-0.1, -0.05) is 58.0 Å². The average Bonchev–Trinajstić information content (AvgIpc) is 2.59. The number of hydrogen-bond donors (Lipinski definition) is 2. The van der Waals surface area contributed by atoms with E-state index in [-0.39, 0.29) is 22.8 Å². The molecule has 2 fully saturated rings. The van der Waals surface area contributed by atoms with Crippen LogP contribution in [0.5, 0.6) is 0 Å². The molecule has 0 spiro atoms. The van der Waals surface area contributed by atoms with Gasteiger partial charge in [0.05, 0.1) is 12.3 Å². The van der Waals surface area contributed by atoms with Crippen molar-refractivity contribution in [1.82, 2.24) is 10.2 Å². The lowest BCUT2D eigenvalue weighted by Crippen LogP contribution is -2.76. The fourth-order valence-electron chi connectivity index (χ4n) is 3.01. The van der Waals surface area contributed by atoms with Gasteiger partial charge in [-0.05, 0) is 5.56 Å². The molecule has 2 aliphatic heterocycles. The molecule has 25 heavy (non-hydrogen) atoms. The van der Waals surface area contributed by atoms with Crippen molar-refractivity contribution in [3.05, 3.63) is 35.9 Å². The second-order valence-electron chi connectivity index (χ2n) is 5.82. The van der Waals surface area contributed by atoms with Gasteiger partial charge in [0, 0.05) is 5.33 Å². The van der Waals surface area contributed by atoms with Crippen molar-refractivity contribution < 1.29 is 24.3 Å². The molecule has 0 radical (unpaired) electrons. The fourth-order valence-corrected chi connectivity index (χ4v) is 5.17. The molecule has 0 aromatic heterocycles. The maximum Gasteiger partial charge on any atom is 0.327 e. The molecule has 1 aromatic rings. The van der Waals surface area contributed by atoms with Gasteiger partial charge in [0.15, 0.2) is 5.12 Å². The summed E-state index contributed by atoms with van der Waals surface area (Å²) in [6.07, 6.45) is 0.113. The first-order chi connectivity index (χ1) is 11.9. The lowest BCUT2D eigenvalue weighted by Gasteiger charge is -2.53. The first-order valence-corrected chi connectivity index (χ1v) is 9.59. The predicted octanol–water partition coefficient (Wildman–Crippen LogP) is 0.620. The number of amides is 2. The van der Waals surface area contributed by atoms with E-state index in [2.05, 4.69) is 21.2 Å². The van der Waals surface area contributed by atoms with Gasteiger partial charge in [0.1, 0.15) is 17.5 Å². The smallest absolute Gasteiger partial charge is 0.327 e. The number of carboxylic acid groups (broad SMARTS) is 1. The molecule has 4 atom stereocenters. The van der Waals surface area contributed by atoms with E-state index < -0.39 is 35.3 Å². The standard InChI is InChI=1S/C16H15BrN2O5S/c17-7-9-12(15(22)23)19-13(21)11(14(19)25-16(9)24)18-10(20)6-8-4-2-1-3-5-8/h1-5,9,11-12,14H,6-7H2,(H,18,20)(H,22,23)/t9?,11-,12-,14-/m1/s1. The van der Waals surface area contributed by atoms with Gasteiger partial charge in [-0.3, -0.25) is 14.4 Å². The Morgan fingerprint density at radius 3 is 2.52 bits per heavy atom. The fraction of sp³-hybridized carbons (Fsp3) is 0.375. The van der Waals surface area contributed by atoms with E-state index in [1.54, 1.807) is 12.1 Å². The molecule has 132 valence electrons. The summed E-state index contributed by atoms with van der Waals surface area (Å²) in [6.45, 7) is 0. The molecule has 7 nitrogen and oxygen atoms in total. The number of alkyl halides is 1. The van der Waals surface area contributed by atoms with Crippen molar-refractivity contribution in [3.8, 4) is 0 Å². The summed E-state index contributed by atoms with van der Waals surface area (Å²) >= 11 is 4.05. The second-order valence-corrected chi connectivity index (χ2v) is 7.59. The summed E-state index contributed by atoms with van der Waals surface area (Å²) in [5.74, 6) is -2.83. The highest BCUT2D eigenvalue weighted by molar-refractivity contribution is 9.09. The van der Waals surface area contributed by atoms with Crippen LogP contribution in [-0.4, -0.2) is 55.7 Å². The van der Waals surface area contributed by atoms with Gasteiger partial charge in [0.25, 0.3) is 0 Å². The third kappa shape index (κ3) is 3.30. The maximum absolute atomic E-state index is 12.4. The first kappa shape index (κ1) is 17.9. The molecule has 0 aliphatic carbocycles. The van der Waals surface area contributed by atoms with E-state index in [1.807, 2.05) is 18.2 Å². The Morgan fingerprint density at radius 2 is 1.92 bits per heavy atom. The predicted molar refractivity (Wildman–Crippen MR) is 94.0 cm³/mol. The van der Waals surface area contributed by atoms with Crippen LogP contribution in [0.4, 0.5) is 0 Å². The summed E-state index contributed by atoms with van der Waals surface area (Å²) < 4.78 is 0. The van der Waals surface area contributed by atoms with Crippen LogP contribution in [0.3, 0.4) is 0 Å². The Kier molecular flexibility index (Phi) is 5.14. The molecule has 2 heterocycles. The Labute approximate surface area is 156 Å². The zero-order valence-electron chi connectivity index (χ0n) is 12.9. The monoisotopic (exact) mass is 426 g/mol. The number of β-lactam (4-membered cyclic amide) rings is 1. The van der Waals surface area contributed by atoms with E-state index in [0.29, 0.717) is 0 Å². The van der Waals surface area contributed by atoms with Crippen LogP contribution in [0.2, 0.25) is 0 Å². The number of carbonyl (C=O) groups is 4. The Hall–Kier alpha value is -1.87. The average molecular weight is 427 g/mol. The topological polar surface area (TPSA) is 104 Å². The van der Waals surface area contributed by atoms with E-state index in [1.165, 1.54) is 4.90 Å². The lowest BCUT2D eigenvalue weighted by atomic mass is 9.94. The number of hydrogen-bond acceptors (Lipinski definition) is 5. The summed E-state index contributed by atoms with van der Waals surface area (Å²) in [5, 5.41) is 11.2. The number of nitrogens with one attached hydrogen (secondary N) is 1. The number of carbonyl (C=O) groups excluding carboxylic acids is 3. The number of fused-ring (bicyclic) bond motifs is 1. The van der Waals surface area contributed by atoms with Gasteiger partial charge in [0.2, 0.25) is 11.8 Å². The third-order valence-electron chi connectivity index (χ3n) is 4.24. The van der Waals surface area contributed by atoms with Crippen LogP contribution in [0.1, 0.15) is 5.56 Å². The zero-order chi connectivity index (χ0) is 18.1. The highest BCUT2D eigenvalue weighted by Gasteiger charge is 2.60. The van der Waals surface area contributed by atoms with Crippen molar-refractivity contribution in [1.29, 1.82) is 0 Å². The molecule has 2 aliphatic rings. The van der Waals surface area contributed by atoms with Crippen LogP contribution in [0, 0.1) is 5.92 Å². The van der Waals surface area contributed by atoms with Crippen molar-refractivity contribution >= 4 is 50.6 Å². The number of thioether (sulfide) groups is 1. The largest absolute Gasteiger partial charge is 0.480 e.